The lowest BCUT2D eigenvalue weighted by Crippen LogP contribution is -2.45. The number of piperidine rings is 1. The number of rotatable bonds is 5. The zero-order valence-corrected chi connectivity index (χ0v) is 13.5. The maximum atomic E-state index is 12.6. The molecule has 0 saturated carbocycles. The van der Waals surface area contributed by atoms with Crippen LogP contribution in [0.25, 0.3) is 0 Å². The monoisotopic (exact) mass is 330 g/mol. The number of aromatic nitrogens is 4. The van der Waals surface area contributed by atoms with Crippen LogP contribution in [0.4, 0.5) is 5.95 Å². The van der Waals surface area contributed by atoms with Crippen molar-refractivity contribution >= 4 is 11.9 Å². The second-order valence-electron chi connectivity index (χ2n) is 6.14. The number of anilines is 1. The van der Waals surface area contributed by atoms with Crippen LogP contribution >= 0.6 is 0 Å². The van der Waals surface area contributed by atoms with Crippen LogP contribution in [0.15, 0.2) is 24.3 Å². The number of hydrogen-bond donors (Lipinski definition) is 2. The van der Waals surface area contributed by atoms with Gasteiger partial charge in [-0.3, -0.25) is 4.79 Å². The molecule has 2 aromatic rings. The molecular weight excluding hydrogens is 308 g/mol. The van der Waals surface area contributed by atoms with Gasteiger partial charge in [-0.25, -0.2) is 4.68 Å². The molecule has 3 rings (SSSR count). The van der Waals surface area contributed by atoms with Crippen LogP contribution in [-0.2, 0) is 17.8 Å². The number of carbonyl (C=O) groups excluding carboxylic acids is 1. The number of nitrogen functional groups attached to an aromatic ring is 1. The van der Waals surface area contributed by atoms with Gasteiger partial charge in [0.15, 0.2) is 0 Å². The Kier molecular flexibility index (Phi) is 4.93. The first-order valence-electron chi connectivity index (χ1n) is 8.22. The van der Waals surface area contributed by atoms with E-state index in [1.54, 1.807) is 12.1 Å². The molecule has 8 nitrogen and oxygen atoms in total. The molecule has 1 aromatic heterocycles. The van der Waals surface area contributed by atoms with Crippen molar-refractivity contribution in [1.29, 1.82) is 0 Å². The Morgan fingerprint density at radius 1 is 1.29 bits per heavy atom. The fraction of sp³-hybridized carbons (Fsp3) is 0.500. The standard InChI is InChI=1S/C16H22N6O2/c17-16-18-19-20-22(16)11-15(24)21-10-2-1-3-13(21)7-4-12-5-8-14(23)9-6-12/h5-6,8-9,13,23H,1-4,7,10-11H2,(H2,17,18,20)/t13-/m0/s1. The smallest absolute Gasteiger partial charge is 0.244 e. The fourth-order valence-corrected chi connectivity index (χ4v) is 3.17. The summed E-state index contributed by atoms with van der Waals surface area (Å²) >= 11 is 0. The Labute approximate surface area is 140 Å². The number of aryl methyl sites for hydroxylation is 1. The average Bonchev–Trinajstić information content (AvgIpc) is 2.99. The van der Waals surface area contributed by atoms with E-state index in [4.69, 9.17) is 5.73 Å². The molecule has 8 heteroatoms. The van der Waals surface area contributed by atoms with E-state index in [0.29, 0.717) is 0 Å². The number of tetrazole rings is 1. The Balaban J connectivity index is 1.61. The molecule has 0 radical (unpaired) electrons. The fourth-order valence-electron chi connectivity index (χ4n) is 3.17. The Morgan fingerprint density at radius 3 is 2.79 bits per heavy atom. The molecule has 0 unspecified atom stereocenters. The number of amides is 1. The van der Waals surface area contributed by atoms with Gasteiger partial charge in [0.2, 0.25) is 11.9 Å². The zero-order valence-electron chi connectivity index (χ0n) is 13.5. The van der Waals surface area contributed by atoms with Crippen LogP contribution < -0.4 is 5.73 Å². The third-order valence-corrected chi connectivity index (χ3v) is 4.49. The molecule has 3 N–H and O–H groups in total. The number of hydrogen-bond acceptors (Lipinski definition) is 6. The number of nitrogens with zero attached hydrogens (tertiary/aromatic N) is 5. The molecule has 0 bridgehead atoms. The van der Waals surface area contributed by atoms with Gasteiger partial charge in [0.1, 0.15) is 12.3 Å². The highest BCUT2D eigenvalue weighted by Gasteiger charge is 2.27. The second kappa shape index (κ2) is 7.29. The maximum absolute atomic E-state index is 12.6. The molecule has 0 aliphatic carbocycles. The highest BCUT2D eigenvalue weighted by molar-refractivity contribution is 5.76. The molecule has 1 fully saturated rings. The molecule has 128 valence electrons. The van der Waals surface area contributed by atoms with E-state index in [1.807, 2.05) is 17.0 Å². The van der Waals surface area contributed by atoms with E-state index in [-0.39, 0.29) is 30.2 Å². The summed E-state index contributed by atoms with van der Waals surface area (Å²) < 4.78 is 1.33. The minimum absolute atomic E-state index is 0.00408. The predicted octanol–water partition coefficient (Wildman–Crippen LogP) is 0.975. The number of aromatic hydroxyl groups is 1. The lowest BCUT2D eigenvalue weighted by molar-refractivity contribution is -0.135. The van der Waals surface area contributed by atoms with Crippen molar-refractivity contribution in [3.8, 4) is 5.75 Å². The van der Waals surface area contributed by atoms with Crippen LogP contribution in [0.3, 0.4) is 0 Å². The maximum Gasteiger partial charge on any atom is 0.244 e. The first-order valence-corrected chi connectivity index (χ1v) is 8.22. The lowest BCUT2D eigenvalue weighted by Gasteiger charge is -2.36. The first-order chi connectivity index (χ1) is 11.6. The quantitative estimate of drug-likeness (QED) is 0.845. The number of likely N-dealkylation sites (tertiary alicyclic amines) is 1. The van der Waals surface area contributed by atoms with E-state index < -0.39 is 0 Å². The predicted molar refractivity (Wildman–Crippen MR) is 88.0 cm³/mol. The van der Waals surface area contributed by atoms with Gasteiger partial charge in [-0.15, -0.1) is 0 Å². The SMILES string of the molecule is Nc1nnnn1CC(=O)N1CCCC[C@H]1CCc1ccc(O)cc1. The average molecular weight is 330 g/mol. The normalized spacial score (nSPS) is 17.8. The number of nitrogens with two attached hydrogens (primary N) is 1. The van der Waals surface area contributed by atoms with Crippen molar-refractivity contribution in [3.63, 3.8) is 0 Å². The van der Waals surface area contributed by atoms with E-state index in [1.165, 1.54) is 4.68 Å². The lowest BCUT2D eigenvalue weighted by atomic mass is 9.95. The van der Waals surface area contributed by atoms with Gasteiger partial charge < -0.3 is 15.7 Å². The van der Waals surface area contributed by atoms with Gasteiger partial charge in [-0.05, 0) is 60.2 Å². The van der Waals surface area contributed by atoms with Crippen molar-refractivity contribution < 1.29 is 9.90 Å². The van der Waals surface area contributed by atoms with Crippen LogP contribution in [-0.4, -0.2) is 48.7 Å². The minimum Gasteiger partial charge on any atom is -0.508 e. The molecular formula is C16H22N6O2. The van der Waals surface area contributed by atoms with Crippen LogP contribution in [0.1, 0.15) is 31.2 Å². The number of carbonyl (C=O) groups is 1. The Hall–Kier alpha value is -2.64. The van der Waals surface area contributed by atoms with E-state index in [0.717, 1.165) is 44.2 Å². The summed E-state index contributed by atoms with van der Waals surface area (Å²) in [6.07, 6.45) is 4.95. The van der Waals surface area contributed by atoms with E-state index in [2.05, 4.69) is 15.5 Å². The summed E-state index contributed by atoms with van der Waals surface area (Å²) in [4.78, 5) is 14.5. The minimum atomic E-state index is 0.00408. The van der Waals surface area contributed by atoms with Gasteiger partial charge in [0.05, 0.1) is 0 Å². The molecule has 1 aliphatic rings. The van der Waals surface area contributed by atoms with Gasteiger partial charge in [0.25, 0.3) is 0 Å². The van der Waals surface area contributed by atoms with Crippen LogP contribution in [0, 0.1) is 0 Å². The number of phenols is 1. The molecule has 24 heavy (non-hydrogen) atoms. The summed E-state index contributed by atoms with van der Waals surface area (Å²) in [5.41, 5.74) is 6.80. The van der Waals surface area contributed by atoms with Crippen molar-refractivity contribution in [2.75, 3.05) is 12.3 Å². The number of phenolic OH excluding ortho intramolecular Hbond substituents is 1. The molecule has 0 spiro atoms. The molecule has 1 aliphatic heterocycles. The van der Waals surface area contributed by atoms with E-state index >= 15 is 0 Å². The van der Waals surface area contributed by atoms with Crippen molar-refractivity contribution in [2.24, 2.45) is 0 Å². The van der Waals surface area contributed by atoms with Crippen molar-refractivity contribution in [3.05, 3.63) is 29.8 Å². The van der Waals surface area contributed by atoms with Crippen molar-refractivity contribution in [2.45, 2.75) is 44.7 Å². The molecule has 1 aromatic carbocycles. The Bertz CT molecular complexity index is 684. The highest BCUT2D eigenvalue weighted by atomic mass is 16.3. The van der Waals surface area contributed by atoms with Gasteiger partial charge in [-0.2, -0.15) is 0 Å². The zero-order chi connectivity index (χ0) is 16.9. The third kappa shape index (κ3) is 3.81. The molecule has 2 heterocycles. The summed E-state index contributed by atoms with van der Waals surface area (Å²) in [5, 5.41) is 20.2. The summed E-state index contributed by atoms with van der Waals surface area (Å²) in [5.74, 6) is 0.428. The summed E-state index contributed by atoms with van der Waals surface area (Å²) in [6, 6.07) is 7.45. The molecule has 1 amide bonds. The molecule has 1 atom stereocenters. The van der Waals surface area contributed by atoms with Gasteiger partial charge in [0, 0.05) is 12.6 Å². The second-order valence-corrected chi connectivity index (χ2v) is 6.14. The Morgan fingerprint density at radius 2 is 2.08 bits per heavy atom. The van der Waals surface area contributed by atoms with Crippen LogP contribution in [0.2, 0.25) is 0 Å². The third-order valence-electron chi connectivity index (χ3n) is 4.49. The van der Waals surface area contributed by atoms with Crippen molar-refractivity contribution in [1.82, 2.24) is 25.1 Å². The summed E-state index contributed by atoms with van der Waals surface area (Å²) in [6.45, 7) is 0.843. The topological polar surface area (TPSA) is 110 Å². The number of benzene rings is 1. The first kappa shape index (κ1) is 16.2. The van der Waals surface area contributed by atoms with Crippen LogP contribution in [0.5, 0.6) is 5.75 Å². The molecule has 1 saturated heterocycles. The van der Waals surface area contributed by atoms with Gasteiger partial charge >= 0.3 is 0 Å². The summed E-state index contributed by atoms with van der Waals surface area (Å²) in [7, 11) is 0. The highest BCUT2D eigenvalue weighted by Crippen LogP contribution is 2.22. The van der Waals surface area contributed by atoms with Gasteiger partial charge in [-0.1, -0.05) is 17.2 Å². The largest absolute Gasteiger partial charge is 0.508 e. The van der Waals surface area contributed by atoms with E-state index in [9.17, 15) is 9.90 Å².